The summed E-state index contributed by atoms with van der Waals surface area (Å²) in [5.74, 6) is 2.90. The molecule has 15 rings (SSSR count). The van der Waals surface area contributed by atoms with Gasteiger partial charge in [0, 0.05) is 86.6 Å². The largest absolute Gasteiger partial charge is 0.444 e. The summed E-state index contributed by atoms with van der Waals surface area (Å²) in [6, 6.07) is 28.8. The number of aromatic nitrogens is 18. The van der Waals surface area contributed by atoms with E-state index in [4.69, 9.17) is 51.4 Å². The Morgan fingerprint density at radius 3 is 1.20 bits per heavy atom. The smallest absolute Gasteiger partial charge is 0.410 e. The monoisotopic (exact) mass is 1350 g/mol. The van der Waals surface area contributed by atoms with Gasteiger partial charge in [-0.05, 0) is 108 Å². The average molecular weight is 1360 g/mol. The molecule has 0 saturated carbocycles. The van der Waals surface area contributed by atoms with Crippen LogP contribution in [0.3, 0.4) is 0 Å². The average Bonchev–Trinajstić information content (AvgIpc) is 1.63. The fourth-order valence-electron chi connectivity index (χ4n) is 11.8. The third kappa shape index (κ3) is 15.4. The van der Waals surface area contributed by atoms with Crippen LogP contribution in [0.5, 0.6) is 35.3 Å². The van der Waals surface area contributed by atoms with Crippen LogP contribution in [0.4, 0.5) is 22.2 Å². The van der Waals surface area contributed by atoms with E-state index < -0.39 is 5.60 Å². The Hall–Kier alpha value is -11.9. The van der Waals surface area contributed by atoms with Gasteiger partial charge in [-0.3, -0.25) is 4.79 Å². The third-order valence-corrected chi connectivity index (χ3v) is 16.4. The summed E-state index contributed by atoms with van der Waals surface area (Å²) in [5.41, 5.74) is 23.9. The van der Waals surface area contributed by atoms with Crippen molar-refractivity contribution in [2.24, 2.45) is 0 Å². The minimum atomic E-state index is -0.562. The number of anilines is 3. The molecule has 3 fully saturated rings. The molecule has 0 aliphatic carbocycles. The lowest BCUT2D eigenvalue weighted by Crippen LogP contribution is -2.43. The Labute approximate surface area is 573 Å². The summed E-state index contributed by atoms with van der Waals surface area (Å²) in [4.78, 5) is 80.2. The molecule has 3 atom stereocenters. The lowest BCUT2D eigenvalue weighted by molar-refractivity contribution is -0.127. The van der Waals surface area contributed by atoms with Crippen LogP contribution in [0.15, 0.2) is 160 Å². The molecule has 12 aromatic rings. The second kappa shape index (κ2) is 30.0. The zero-order valence-electron chi connectivity index (χ0n) is 54.4. The molecule has 30 nitrogen and oxygen atoms in total. The molecule has 506 valence electrons. The Bertz CT molecular complexity index is 4750. The van der Waals surface area contributed by atoms with Crippen LogP contribution in [0.1, 0.15) is 77.4 Å². The summed E-state index contributed by atoms with van der Waals surface area (Å²) in [5, 5.41) is 19.9. The zero-order valence-corrected chi connectivity index (χ0v) is 55.2. The summed E-state index contributed by atoms with van der Waals surface area (Å²) in [7, 11) is 0. The van der Waals surface area contributed by atoms with Gasteiger partial charge in [0.2, 0.25) is 5.91 Å². The van der Waals surface area contributed by atoms with E-state index >= 15 is 0 Å². The number of ether oxygens (including phenoxy) is 4. The number of hydrogen-bond acceptors (Lipinski definition) is 25. The number of fused-ring (bicyclic) bond motifs is 3. The molecule has 0 bridgehead atoms. The van der Waals surface area contributed by atoms with Crippen LogP contribution < -0.4 is 36.7 Å². The minimum Gasteiger partial charge on any atom is -0.444 e. The van der Waals surface area contributed by atoms with Gasteiger partial charge in [0.1, 0.15) is 76.4 Å². The van der Waals surface area contributed by atoms with E-state index in [1.807, 2.05) is 126 Å². The second-order valence-corrected chi connectivity index (χ2v) is 24.3. The summed E-state index contributed by atoms with van der Waals surface area (Å²) in [6.07, 6.45) is 20.7. The van der Waals surface area contributed by atoms with E-state index in [2.05, 4.69) is 71.7 Å². The standard InChI is InChI=1S/C25H28N8O3.C23H22N8O2.C20H20N8O.ClH/c1-25(2,3)36-24(34)32-11-7-8-17(14-32)33-22-19(21(26)29-15-30-22)20(31-33)16-12-27-23(28-13-16)35-18-9-5-4-6-10-18;1-2-18(32)30-10-6-7-16(13-30)31-22-19(21(24)27-14-28-22)20(29-31)15-11-25-23(26-12-15)33-17-8-4-3-5-9-17;21-18-16-17(13-9-23-20(24-10-13)29-15-6-2-1-3-7-15)27-28(19(16)26-12-25-18)14-5-4-8-22-11-14;/h4-6,9-10,12-13,15,17H,7-8,11,14H2,1-3H3,(H2,26,29,30);2-5,8-9,11-12,14,16H,1,6-7,10,13H2,(H2,24,27,28);1-3,6-7,9-10,12,14,22H,4-5,8,11H2,(H2,21,25,26);1H/t17-;16-;14-;/m111./s1. The molecular formula is C68H71ClN24O6. The van der Waals surface area contributed by atoms with Gasteiger partial charge < -0.3 is 51.3 Å². The normalized spacial score (nSPS) is 16.1. The van der Waals surface area contributed by atoms with Gasteiger partial charge in [-0.2, -0.15) is 15.3 Å². The van der Waals surface area contributed by atoms with Crippen LogP contribution in [0, 0.1) is 0 Å². The maximum atomic E-state index is 12.7. The number of rotatable bonds is 13. The molecule has 3 saturated heterocycles. The molecule has 0 unspecified atom stereocenters. The molecule has 2 amide bonds. The number of likely N-dealkylation sites (tertiary alicyclic amines) is 2. The number of nitrogen functional groups attached to an aromatic ring is 3. The lowest BCUT2D eigenvalue weighted by atomic mass is 10.1. The van der Waals surface area contributed by atoms with E-state index in [1.54, 1.807) is 47.0 Å². The molecule has 12 heterocycles. The molecule has 0 spiro atoms. The number of nitrogens with one attached hydrogen (secondary N) is 1. The topological polar surface area (TPSA) is 376 Å². The molecule has 3 aromatic carbocycles. The van der Waals surface area contributed by atoms with Gasteiger partial charge in [0.25, 0.3) is 0 Å². The summed E-state index contributed by atoms with van der Waals surface area (Å²) in [6.45, 7) is 13.3. The second-order valence-electron chi connectivity index (χ2n) is 24.3. The van der Waals surface area contributed by atoms with E-state index in [0.717, 1.165) is 68.2 Å². The van der Waals surface area contributed by atoms with Crippen molar-refractivity contribution in [1.29, 1.82) is 0 Å². The lowest BCUT2D eigenvalue weighted by Gasteiger charge is -2.34. The minimum absolute atomic E-state index is 0. The zero-order chi connectivity index (χ0) is 67.7. The fraction of sp³-hybridized carbons (Fsp3) is 0.279. The van der Waals surface area contributed by atoms with Crippen molar-refractivity contribution in [2.75, 3.05) is 56.5 Å². The fourth-order valence-corrected chi connectivity index (χ4v) is 11.8. The number of benzene rings is 3. The van der Waals surface area contributed by atoms with Crippen LogP contribution in [0.2, 0.25) is 0 Å². The van der Waals surface area contributed by atoms with Gasteiger partial charge in [-0.15, -0.1) is 12.4 Å². The predicted molar refractivity (Wildman–Crippen MR) is 371 cm³/mol. The highest BCUT2D eigenvalue weighted by Crippen LogP contribution is 2.38. The predicted octanol–water partition coefficient (Wildman–Crippen LogP) is 10.2. The highest BCUT2D eigenvalue weighted by Gasteiger charge is 2.33. The molecule has 99 heavy (non-hydrogen) atoms. The van der Waals surface area contributed by atoms with Crippen molar-refractivity contribution in [1.82, 2.24) is 104 Å². The van der Waals surface area contributed by atoms with Crippen LogP contribution in [-0.4, -0.2) is 156 Å². The third-order valence-electron chi connectivity index (χ3n) is 16.4. The number of nitrogens with two attached hydrogens (primary N) is 3. The van der Waals surface area contributed by atoms with E-state index in [0.29, 0.717) is 111 Å². The number of nitrogens with zero attached hydrogens (tertiary/aromatic N) is 20. The molecule has 31 heteroatoms. The van der Waals surface area contributed by atoms with Crippen molar-refractivity contribution in [3.63, 3.8) is 0 Å². The van der Waals surface area contributed by atoms with Crippen molar-refractivity contribution in [3.8, 4) is 69.1 Å². The van der Waals surface area contributed by atoms with Crippen molar-refractivity contribution in [3.05, 3.63) is 160 Å². The molecule has 7 N–H and O–H groups in total. The highest BCUT2D eigenvalue weighted by atomic mass is 35.5. The molecule has 3 aliphatic rings. The number of hydrogen-bond donors (Lipinski definition) is 4. The van der Waals surface area contributed by atoms with Gasteiger partial charge in [-0.1, -0.05) is 61.2 Å². The Kier molecular flexibility index (Phi) is 20.3. The summed E-state index contributed by atoms with van der Waals surface area (Å²) < 4.78 is 28.2. The number of para-hydroxylation sites is 3. The van der Waals surface area contributed by atoms with Gasteiger partial charge in [0.15, 0.2) is 16.9 Å². The Morgan fingerprint density at radius 1 is 0.495 bits per heavy atom. The molecule has 9 aromatic heterocycles. The van der Waals surface area contributed by atoms with Crippen molar-refractivity contribution < 1.29 is 28.5 Å². The SMILES string of the molecule is C=CC(=O)N1CCC[C@@H](n2nc(-c3cnc(Oc4ccccc4)nc3)c3c(N)ncnc32)C1.CC(C)(C)OC(=O)N1CCC[C@@H](n2nc(-c3cnc(Oc4ccccc4)nc3)c3c(N)ncnc32)C1.Cl.Nc1ncnc2c1c(-c1cnc(Oc3ccccc3)nc1)nn2[C@@H]1CCCNC1. The first-order valence-corrected chi connectivity index (χ1v) is 31.9. The maximum Gasteiger partial charge on any atom is 0.410 e. The number of carbonyl (C=O) groups is 2. The Morgan fingerprint density at radius 2 is 0.848 bits per heavy atom. The number of carbonyl (C=O) groups excluding carboxylic acids is 2. The first-order chi connectivity index (χ1) is 47.7. The summed E-state index contributed by atoms with van der Waals surface area (Å²) >= 11 is 0. The van der Waals surface area contributed by atoms with Gasteiger partial charge in [0.05, 0.1) is 34.3 Å². The van der Waals surface area contributed by atoms with Crippen molar-refractivity contribution >= 4 is 75.0 Å². The Balaban J connectivity index is 0.000000141. The van der Waals surface area contributed by atoms with E-state index in [9.17, 15) is 9.59 Å². The number of amides is 2. The first-order valence-electron chi connectivity index (χ1n) is 31.9. The maximum absolute atomic E-state index is 12.7. The van der Waals surface area contributed by atoms with Crippen LogP contribution in [0.25, 0.3) is 66.9 Å². The highest BCUT2D eigenvalue weighted by molar-refractivity contribution is 6.00. The van der Waals surface area contributed by atoms with Crippen molar-refractivity contribution in [2.45, 2.75) is 83.0 Å². The van der Waals surface area contributed by atoms with Gasteiger partial charge in [-0.25, -0.2) is 78.6 Å². The number of piperidine rings is 3. The molecule has 3 aliphatic heterocycles. The molecule has 0 radical (unpaired) electrons. The molecular weight excluding hydrogens is 1280 g/mol. The number of halogens is 1. The van der Waals surface area contributed by atoms with Crippen LogP contribution in [-0.2, 0) is 9.53 Å². The van der Waals surface area contributed by atoms with Gasteiger partial charge >= 0.3 is 24.1 Å². The van der Waals surface area contributed by atoms with Crippen LogP contribution >= 0.6 is 12.4 Å². The van der Waals surface area contributed by atoms with E-state index in [-0.39, 0.29) is 60.6 Å². The van der Waals surface area contributed by atoms with E-state index in [1.165, 1.54) is 25.1 Å². The first kappa shape index (κ1) is 67.1. The quantitative estimate of drug-likeness (QED) is 0.0779.